The highest BCUT2D eigenvalue weighted by Gasteiger charge is 1.87. The maximum Gasteiger partial charge on any atom is 0.108 e. The molecule has 0 heterocycles. The standard InChI is InChI=1S/C7H7NO/c1-6-3-2-4-7(5-6)8-9/h2-5H,1H3. The number of rotatable bonds is 1. The summed E-state index contributed by atoms with van der Waals surface area (Å²) in [6.07, 6.45) is 0. The van der Waals surface area contributed by atoms with Gasteiger partial charge in [0.05, 0.1) is 0 Å². The minimum Gasteiger partial charge on any atom is -0.145 e. The van der Waals surface area contributed by atoms with Crippen LogP contribution in [0.4, 0.5) is 5.69 Å². The zero-order valence-electron chi connectivity index (χ0n) is 5.16. The molecule has 0 aromatic heterocycles. The van der Waals surface area contributed by atoms with E-state index in [0.29, 0.717) is 5.69 Å². The first kappa shape index (κ1) is 5.95. The highest BCUT2D eigenvalue weighted by atomic mass is 16.3. The molecule has 0 amide bonds. The molecule has 1 aromatic carbocycles. The van der Waals surface area contributed by atoms with Crippen molar-refractivity contribution in [3.63, 3.8) is 0 Å². The summed E-state index contributed by atoms with van der Waals surface area (Å²) in [4.78, 5) is 9.91. The average Bonchev–Trinajstić information content (AvgIpc) is 1.88. The summed E-state index contributed by atoms with van der Waals surface area (Å²) in [5, 5.41) is 2.78. The second-order valence-corrected chi connectivity index (χ2v) is 1.93. The quantitative estimate of drug-likeness (QED) is 0.524. The Morgan fingerprint density at radius 2 is 2.22 bits per heavy atom. The largest absolute Gasteiger partial charge is 0.145 e. The molecule has 0 atom stereocenters. The molecule has 2 nitrogen and oxygen atoms in total. The van der Waals surface area contributed by atoms with Gasteiger partial charge in [0, 0.05) is 0 Å². The first-order valence-corrected chi connectivity index (χ1v) is 2.73. The Labute approximate surface area is 53.5 Å². The van der Waals surface area contributed by atoms with Gasteiger partial charge in [0.1, 0.15) is 5.69 Å². The monoisotopic (exact) mass is 121 g/mol. The summed E-state index contributed by atoms with van der Waals surface area (Å²) >= 11 is 0. The lowest BCUT2D eigenvalue weighted by atomic mass is 10.2. The van der Waals surface area contributed by atoms with Gasteiger partial charge in [-0.15, -0.1) is 4.91 Å². The Morgan fingerprint density at radius 3 is 2.67 bits per heavy atom. The van der Waals surface area contributed by atoms with Crippen LogP contribution in [0, 0.1) is 11.8 Å². The second kappa shape index (κ2) is 2.40. The van der Waals surface area contributed by atoms with Gasteiger partial charge in [0.25, 0.3) is 0 Å². The average molecular weight is 121 g/mol. The van der Waals surface area contributed by atoms with E-state index in [-0.39, 0.29) is 0 Å². The number of aryl methyl sites for hydroxylation is 1. The maximum atomic E-state index is 9.91. The van der Waals surface area contributed by atoms with Crippen LogP contribution in [0.2, 0.25) is 0 Å². The van der Waals surface area contributed by atoms with E-state index in [1.54, 1.807) is 12.1 Å². The van der Waals surface area contributed by atoms with Crippen LogP contribution in [0.1, 0.15) is 5.56 Å². The Balaban J connectivity index is 3.07. The van der Waals surface area contributed by atoms with Gasteiger partial charge in [-0.25, -0.2) is 0 Å². The minimum atomic E-state index is 0.495. The van der Waals surface area contributed by atoms with Gasteiger partial charge in [0.15, 0.2) is 0 Å². The first-order valence-electron chi connectivity index (χ1n) is 2.73. The lowest BCUT2D eigenvalue weighted by Crippen LogP contribution is -1.66. The van der Waals surface area contributed by atoms with Crippen LogP contribution in [0.25, 0.3) is 0 Å². The molecule has 9 heavy (non-hydrogen) atoms. The highest BCUT2D eigenvalue weighted by Crippen LogP contribution is 2.11. The fraction of sp³-hybridized carbons (Fsp3) is 0.143. The van der Waals surface area contributed by atoms with Gasteiger partial charge in [-0.1, -0.05) is 12.1 Å². The van der Waals surface area contributed by atoms with Crippen molar-refractivity contribution in [1.29, 1.82) is 0 Å². The molecular formula is C7H7NO. The van der Waals surface area contributed by atoms with Crippen LogP contribution in [0.3, 0.4) is 0 Å². The predicted molar refractivity (Wildman–Crippen MR) is 36.6 cm³/mol. The van der Waals surface area contributed by atoms with Gasteiger partial charge in [-0.3, -0.25) is 0 Å². The Bertz CT molecular complexity index is 220. The van der Waals surface area contributed by atoms with E-state index in [1.165, 1.54) is 0 Å². The van der Waals surface area contributed by atoms with Crippen LogP contribution in [0.5, 0.6) is 0 Å². The van der Waals surface area contributed by atoms with Crippen molar-refractivity contribution in [2.75, 3.05) is 0 Å². The third kappa shape index (κ3) is 1.35. The molecule has 0 unspecified atom stereocenters. The Kier molecular flexibility index (Phi) is 1.58. The van der Waals surface area contributed by atoms with E-state index in [1.807, 2.05) is 19.1 Å². The van der Waals surface area contributed by atoms with E-state index in [0.717, 1.165) is 5.56 Å². The molecule has 0 aliphatic heterocycles. The molecule has 0 spiro atoms. The van der Waals surface area contributed by atoms with Crippen LogP contribution in [-0.2, 0) is 0 Å². The topological polar surface area (TPSA) is 29.4 Å². The summed E-state index contributed by atoms with van der Waals surface area (Å²) in [7, 11) is 0. The Hall–Kier alpha value is -1.18. The van der Waals surface area contributed by atoms with Crippen molar-refractivity contribution in [3.8, 4) is 0 Å². The molecule has 0 radical (unpaired) electrons. The first-order chi connectivity index (χ1) is 4.33. The molecule has 1 aromatic rings. The number of benzene rings is 1. The fourth-order valence-corrected chi connectivity index (χ4v) is 0.685. The SMILES string of the molecule is Cc1cccc(N=O)c1. The van der Waals surface area contributed by atoms with Gasteiger partial charge < -0.3 is 0 Å². The van der Waals surface area contributed by atoms with Gasteiger partial charge in [0.2, 0.25) is 0 Å². The zero-order valence-corrected chi connectivity index (χ0v) is 5.16. The smallest absolute Gasteiger partial charge is 0.108 e. The molecule has 0 N–H and O–H groups in total. The van der Waals surface area contributed by atoms with Crippen LogP contribution >= 0.6 is 0 Å². The molecule has 46 valence electrons. The second-order valence-electron chi connectivity index (χ2n) is 1.93. The molecule has 0 saturated carbocycles. The molecule has 0 aliphatic carbocycles. The van der Waals surface area contributed by atoms with Crippen molar-refractivity contribution in [2.45, 2.75) is 6.92 Å². The normalized spacial score (nSPS) is 9.00. The maximum absolute atomic E-state index is 9.91. The van der Waals surface area contributed by atoms with Crippen LogP contribution < -0.4 is 0 Å². The van der Waals surface area contributed by atoms with Crippen molar-refractivity contribution < 1.29 is 0 Å². The molecular weight excluding hydrogens is 114 g/mol. The number of nitroso groups, excluding NO2 is 1. The molecule has 0 aliphatic rings. The summed E-state index contributed by atoms with van der Waals surface area (Å²) in [6, 6.07) is 7.16. The number of hydrogen-bond donors (Lipinski definition) is 0. The van der Waals surface area contributed by atoms with Gasteiger partial charge in [-0.05, 0) is 29.8 Å². The van der Waals surface area contributed by atoms with Crippen molar-refractivity contribution in [2.24, 2.45) is 5.18 Å². The van der Waals surface area contributed by atoms with Crippen molar-refractivity contribution in [3.05, 3.63) is 34.7 Å². The van der Waals surface area contributed by atoms with Gasteiger partial charge >= 0.3 is 0 Å². The van der Waals surface area contributed by atoms with Crippen LogP contribution in [0.15, 0.2) is 29.4 Å². The molecule has 2 heteroatoms. The zero-order chi connectivity index (χ0) is 6.69. The van der Waals surface area contributed by atoms with E-state index in [4.69, 9.17) is 0 Å². The van der Waals surface area contributed by atoms with E-state index in [9.17, 15) is 4.91 Å². The molecule has 0 bridgehead atoms. The molecule has 0 fully saturated rings. The third-order valence-corrected chi connectivity index (χ3v) is 1.11. The summed E-state index contributed by atoms with van der Waals surface area (Å²) < 4.78 is 0. The summed E-state index contributed by atoms with van der Waals surface area (Å²) in [6.45, 7) is 1.93. The van der Waals surface area contributed by atoms with E-state index < -0.39 is 0 Å². The van der Waals surface area contributed by atoms with E-state index in [2.05, 4.69) is 5.18 Å². The number of hydrogen-bond acceptors (Lipinski definition) is 2. The van der Waals surface area contributed by atoms with Gasteiger partial charge in [-0.2, -0.15) is 0 Å². The minimum absolute atomic E-state index is 0.495. The fourth-order valence-electron chi connectivity index (χ4n) is 0.685. The predicted octanol–water partition coefficient (Wildman–Crippen LogP) is 2.39. The van der Waals surface area contributed by atoms with Crippen molar-refractivity contribution in [1.82, 2.24) is 0 Å². The lowest BCUT2D eigenvalue weighted by molar-refractivity contribution is 1.42. The third-order valence-electron chi connectivity index (χ3n) is 1.11. The van der Waals surface area contributed by atoms with Crippen LogP contribution in [-0.4, -0.2) is 0 Å². The highest BCUT2D eigenvalue weighted by molar-refractivity contribution is 5.38. The molecule has 0 saturated heterocycles. The lowest BCUT2D eigenvalue weighted by Gasteiger charge is -1.88. The summed E-state index contributed by atoms with van der Waals surface area (Å²) in [5.41, 5.74) is 1.56. The summed E-state index contributed by atoms with van der Waals surface area (Å²) in [5.74, 6) is 0. The number of nitrogens with zero attached hydrogens (tertiary/aromatic N) is 1. The Morgan fingerprint density at radius 1 is 1.44 bits per heavy atom. The van der Waals surface area contributed by atoms with Crippen molar-refractivity contribution >= 4 is 5.69 Å². The molecule has 1 rings (SSSR count). The van der Waals surface area contributed by atoms with E-state index >= 15 is 0 Å².